The van der Waals surface area contributed by atoms with Crippen molar-refractivity contribution in [1.82, 2.24) is 20.1 Å². The number of piperidine rings is 1. The zero-order valence-corrected chi connectivity index (χ0v) is 16.6. The van der Waals surface area contributed by atoms with E-state index in [-0.39, 0.29) is 6.61 Å². The molecule has 3 N–H and O–H groups in total. The van der Waals surface area contributed by atoms with E-state index < -0.39 is 6.17 Å². The van der Waals surface area contributed by atoms with Gasteiger partial charge in [-0.25, -0.2) is 4.39 Å². The molecule has 1 aliphatic rings. The van der Waals surface area contributed by atoms with Gasteiger partial charge in [-0.1, -0.05) is 17.9 Å². The van der Waals surface area contributed by atoms with E-state index in [1.54, 1.807) is 0 Å². The summed E-state index contributed by atoms with van der Waals surface area (Å²) in [7, 11) is 0. The number of hydrogen-bond acceptors (Lipinski definition) is 3. The quantitative estimate of drug-likeness (QED) is 0.454. The largest absolute Gasteiger partial charge is 0.384 e. The van der Waals surface area contributed by atoms with Crippen molar-refractivity contribution in [2.45, 2.75) is 25.6 Å². The average molecular weight is 402 g/mol. The number of halogens is 1. The van der Waals surface area contributed by atoms with Crippen molar-refractivity contribution < 1.29 is 9.50 Å². The Balaban J connectivity index is 1.42. The lowest BCUT2D eigenvalue weighted by Crippen LogP contribution is -2.33. The normalized spacial score (nSPS) is 15.5. The Kier molecular flexibility index (Phi) is 4.99. The Morgan fingerprint density at radius 1 is 1.10 bits per heavy atom. The molecule has 152 valence electrons. The van der Waals surface area contributed by atoms with Crippen molar-refractivity contribution in [2.75, 3.05) is 19.7 Å². The lowest BCUT2D eigenvalue weighted by atomic mass is 10.1. The maximum Gasteiger partial charge on any atom is 0.116 e. The van der Waals surface area contributed by atoms with Gasteiger partial charge in [0.25, 0.3) is 0 Å². The molecule has 4 aromatic rings. The van der Waals surface area contributed by atoms with Crippen LogP contribution < -0.4 is 0 Å². The first-order valence-corrected chi connectivity index (χ1v) is 10.3. The molecule has 1 saturated heterocycles. The van der Waals surface area contributed by atoms with E-state index >= 15 is 0 Å². The van der Waals surface area contributed by atoms with Crippen LogP contribution in [0.25, 0.3) is 33.2 Å². The van der Waals surface area contributed by atoms with Crippen LogP contribution in [0.3, 0.4) is 0 Å². The molecule has 2 aromatic heterocycles. The summed E-state index contributed by atoms with van der Waals surface area (Å²) in [6.45, 7) is 2.34. The molecule has 1 fully saturated rings. The highest BCUT2D eigenvalue weighted by Gasteiger charge is 2.18. The van der Waals surface area contributed by atoms with Gasteiger partial charge in [0.05, 0.1) is 11.2 Å². The standard InChI is InChI=1S/C24H23FN4O/c25-19-7-9-29(10-8-19)15-17-4-6-21-18(12-17)14-23(26-21)24-20-5-3-16(2-1-11-30)13-22(20)27-28-24/h3-6,12-14,19,26,30H,7-11,15H2,(H,27,28). The van der Waals surface area contributed by atoms with Crippen LogP contribution in [-0.2, 0) is 6.54 Å². The fourth-order valence-electron chi connectivity index (χ4n) is 4.17. The van der Waals surface area contributed by atoms with E-state index in [2.05, 4.69) is 56.2 Å². The number of aromatic amines is 2. The van der Waals surface area contributed by atoms with Gasteiger partial charge in [0.15, 0.2) is 0 Å². The number of nitrogens with one attached hydrogen (secondary N) is 2. The third kappa shape index (κ3) is 3.70. The van der Waals surface area contributed by atoms with Crippen molar-refractivity contribution >= 4 is 21.8 Å². The lowest BCUT2D eigenvalue weighted by Gasteiger charge is -2.28. The molecule has 1 aliphatic heterocycles. The number of aliphatic hydroxyl groups is 1. The molecular weight excluding hydrogens is 379 g/mol. The number of aromatic nitrogens is 3. The molecule has 5 rings (SSSR count). The molecule has 0 bridgehead atoms. The van der Waals surface area contributed by atoms with E-state index in [4.69, 9.17) is 5.11 Å². The monoisotopic (exact) mass is 402 g/mol. The highest BCUT2D eigenvalue weighted by atomic mass is 19.1. The molecule has 0 aliphatic carbocycles. The van der Waals surface area contributed by atoms with Crippen molar-refractivity contribution in [3.05, 3.63) is 53.6 Å². The smallest absolute Gasteiger partial charge is 0.116 e. The van der Waals surface area contributed by atoms with Gasteiger partial charge < -0.3 is 10.1 Å². The maximum absolute atomic E-state index is 13.4. The molecule has 6 heteroatoms. The van der Waals surface area contributed by atoms with Gasteiger partial charge in [0, 0.05) is 41.5 Å². The number of hydrogen-bond donors (Lipinski definition) is 3. The van der Waals surface area contributed by atoms with Crippen LogP contribution in [0.1, 0.15) is 24.0 Å². The summed E-state index contributed by atoms with van der Waals surface area (Å²) in [4.78, 5) is 5.79. The Morgan fingerprint density at radius 2 is 1.97 bits per heavy atom. The number of nitrogens with zero attached hydrogens (tertiary/aromatic N) is 2. The van der Waals surface area contributed by atoms with Crippen LogP contribution in [0.15, 0.2) is 42.5 Å². The van der Waals surface area contributed by atoms with Crippen molar-refractivity contribution in [3.63, 3.8) is 0 Å². The summed E-state index contributed by atoms with van der Waals surface area (Å²) in [5, 5.41) is 18.6. The van der Waals surface area contributed by atoms with E-state index in [1.807, 2.05) is 18.2 Å². The Labute approximate surface area is 173 Å². The molecule has 0 atom stereocenters. The van der Waals surface area contributed by atoms with Gasteiger partial charge in [-0.15, -0.1) is 0 Å². The highest BCUT2D eigenvalue weighted by Crippen LogP contribution is 2.30. The van der Waals surface area contributed by atoms with Gasteiger partial charge in [-0.3, -0.25) is 10.00 Å². The van der Waals surface area contributed by atoms with Crippen molar-refractivity contribution in [2.24, 2.45) is 0 Å². The number of rotatable bonds is 3. The fraction of sp³-hybridized carbons (Fsp3) is 0.292. The maximum atomic E-state index is 13.4. The molecule has 0 amide bonds. The van der Waals surface area contributed by atoms with E-state index in [1.165, 1.54) is 5.56 Å². The van der Waals surface area contributed by atoms with Crippen molar-refractivity contribution in [1.29, 1.82) is 0 Å². The molecule has 0 saturated carbocycles. The van der Waals surface area contributed by atoms with E-state index in [9.17, 15) is 4.39 Å². The number of aliphatic hydroxyl groups excluding tert-OH is 1. The second-order valence-corrected chi connectivity index (χ2v) is 7.85. The van der Waals surface area contributed by atoms with Crippen molar-refractivity contribution in [3.8, 4) is 23.2 Å². The Morgan fingerprint density at radius 3 is 2.80 bits per heavy atom. The number of likely N-dealkylation sites (tertiary alicyclic amines) is 1. The summed E-state index contributed by atoms with van der Waals surface area (Å²) in [5.41, 5.74) is 5.88. The zero-order chi connectivity index (χ0) is 20.5. The van der Waals surface area contributed by atoms with Crippen LogP contribution in [0.2, 0.25) is 0 Å². The van der Waals surface area contributed by atoms with Crippen LogP contribution in [0.4, 0.5) is 4.39 Å². The van der Waals surface area contributed by atoms with Gasteiger partial charge in [0.1, 0.15) is 18.5 Å². The third-order valence-corrected chi connectivity index (χ3v) is 5.74. The number of H-pyrrole nitrogens is 2. The van der Waals surface area contributed by atoms with Crippen LogP contribution >= 0.6 is 0 Å². The summed E-state index contributed by atoms with van der Waals surface area (Å²) in [5.74, 6) is 5.58. The molecule has 3 heterocycles. The predicted molar refractivity (Wildman–Crippen MR) is 117 cm³/mol. The van der Waals surface area contributed by atoms with Gasteiger partial charge in [-0.2, -0.15) is 5.10 Å². The summed E-state index contributed by atoms with van der Waals surface area (Å²) < 4.78 is 13.4. The number of alkyl halides is 1. The molecule has 30 heavy (non-hydrogen) atoms. The van der Waals surface area contributed by atoms with E-state index in [0.717, 1.165) is 58.4 Å². The molecule has 2 aromatic carbocycles. The number of benzene rings is 2. The summed E-state index contributed by atoms with van der Waals surface area (Å²) in [6, 6.07) is 14.4. The van der Waals surface area contributed by atoms with Gasteiger partial charge in [0.2, 0.25) is 0 Å². The zero-order valence-electron chi connectivity index (χ0n) is 16.6. The first kappa shape index (κ1) is 18.9. The summed E-state index contributed by atoms with van der Waals surface area (Å²) >= 11 is 0. The molecule has 0 radical (unpaired) electrons. The van der Waals surface area contributed by atoms with Crippen LogP contribution in [-0.4, -0.2) is 51.1 Å². The minimum absolute atomic E-state index is 0.155. The SMILES string of the molecule is OCC#Cc1ccc2c(-c3cc4cc(CN5CCC(F)CC5)ccc4[nH]3)n[nH]c2c1. The summed E-state index contributed by atoms with van der Waals surface area (Å²) in [6.07, 6.45) is 0.629. The second-order valence-electron chi connectivity index (χ2n) is 7.85. The molecular formula is C24H23FN4O. The fourth-order valence-corrected chi connectivity index (χ4v) is 4.17. The molecule has 0 spiro atoms. The Bertz CT molecular complexity index is 1250. The first-order chi connectivity index (χ1) is 14.7. The highest BCUT2D eigenvalue weighted by molar-refractivity contribution is 5.96. The minimum Gasteiger partial charge on any atom is -0.384 e. The first-order valence-electron chi connectivity index (χ1n) is 10.3. The average Bonchev–Trinajstić information content (AvgIpc) is 3.37. The topological polar surface area (TPSA) is 67.9 Å². The van der Waals surface area contributed by atoms with Crippen LogP contribution in [0, 0.1) is 11.8 Å². The van der Waals surface area contributed by atoms with E-state index in [0.29, 0.717) is 12.8 Å². The Hall–Kier alpha value is -3.14. The van der Waals surface area contributed by atoms with Crippen LogP contribution in [0.5, 0.6) is 0 Å². The molecule has 5 nitrogen and oxygen atoms in total. The minimum atomic E-state index is -0.641. The number of fused-ring (bicyclic) bond motifs is 2. The third-order valence-electron chi connectivity index (χ3n) is 5.74. The van der Waals surface area contributed by atoms with Gasteiger partial charge >= 0.3 is 0 Å². The van der Waals surface area contributed by atoms with Gasteiger partial charge in [-0.05, 0) is 54.8 Å². The predicted octanol–water partition coefficient (Wildman–Crippen LogP) is 3.99. The lowest BCUT2D eigenvalue weighted by molar-refractivity contribution is 0.145. The second kappa shape index (κ2) is 7.94. The molecule has 0 unspecified atom stereocenters.